The van der Waals surface area contributed by atoms with Crippen LogP contribution in [0.15, 0.2) is 77.5 Å². The smallest absolute Gasteiger partial charge is 0.256 e. The summed E-state index contributed by atoms with van der Waals surface area (Å²) in [5, 5.41) is 11.2. The minimum Gasteiger partial charge on any atom is -0.353 e. The number of amidine groups is 1. The van der Waals surface area contributed by atoms with Crippen molar-refractivity contribution in [1.29, 1.82) is 0 Å². The van der Waals surface area contributed by atoms with E-state index in [9.17, 15) is 9.59 Å². The van der Waals surface area contributed by atoms with Crippen LogP contribution in [0.2, 0.25) is 0 Å². The number of nitrogens with one attached hydrogen (secondary N) is 3. The van der Waals surface area contributed by atoms with Crippen LogP contribution in [0.25, 0.3) is 10.8 Å². The molecule has 1 atom stereocenters. The molecule has 3 N–H and O–H groups in total. The first kappa shape index (κ1) is 25.8. The fourth-order valence-corrected chi connectivity index (χ4v) is 5.15. The van der Waals surface area contributed by atoms with Gasteiger partial charge in [0.25, 0.3) is 5.91 Å². The molecule has 0 bridgehead atoms. The zero-order chi connectivity index (χ0) is 26.5. The number of benzene rings is 3. The van der Waals surface area contributed by atoms with Gasteiger partial charge in [0.2, 0.25) is 5.91 Å². The molecule has 195 valence electrons. The summed E-state index contributed by atoms with van der Waals surface area (Å²) in [4.78, 5) is 31.8. The number of carbonyl (C=O) groups is 2. The average molecular weight is 529 g/mol. The van der Waals surface area contributed by atoms with Gasteiger partial charge in [-0.1, -0.05) is 73.0 Å². The summed E-state index contributed by atoms with van der Waals surface area (Å²) in [6, 6.07) is 21.5. The molecule has 8 heteroatoms. The minimum absolute atomic E-state index is 0.0174. The maximum Gasteiger partial charge on any atom is 0.256 e. The average Bonchev–Trinajstić information content (AvgIpc) is 3.42. The number of carbonyl (C=O) groups excluding carboxylic acids is 2. The number of amides is 2. The van der Waals surface area contributed by atoms with Gasteiger partial charge in [0.15, 0.2) is 0 Å². The van der Waals surface area contributed by atoms with E-state index in [4.69, 9.17) is 11.6 Å². The lowest BCUT2D eigenvalue weighted by atomic mass is 10.0. The van der Waals surface area contributed by atoms with Crippen LogP contribution >= 0.6 is 11.6 Å². The first-order chi connectivity index (χ1) is 18.4. The maximum absolute atomic E-state index is 12.9. The third kappa shape index (κ3) is 6.34. The van der Waals surface area contributed by atoms with E-state index in [2.05, 4.69) is 27.0 Å². The van der Waals surface area contributed by atoms with E-state index in [1.165, 1.54) is 12.8 Å². The molecule has 5 rings (SSSR count). The topological polar surface area (TPSA) is 85.8 Å². The summed E-state index contributed by atoms with van der Waals surface area (Å²) >= 11 is 6.37. The SMILES string of the molecule is CN(CC(=O)NC1CCCC1)C1=[C]C(Cl)NC(Cc2ccc(NC(=O)c3cccc4ccccc34)cc2)=N1. The molecule has 2 amide bonds. The van der Waals surface area contributed by atoms with E-state index >= 15 is 0 Å². The first-order valence-corrected chi connectivity index (χ1v) is 13.4. The number of halogens is 1. The summed E-state index contributed by atoms with van der Waals surface area (Å²) in [5.41, 5.74) is 1.81. The van der Waals surface area contributed by atoms with E-state index in [1.54, 1.807) is 4.90 Å². The van der Waals surface area contributed by atoms with Gasteiger partial charge in [-0.25, -0.2) is 4.99 Å². The Morgan fingerprint density at radius 3 is 2.58 bits per heavy atom. The molecule has 2 aliphatic rings. The fourth-order valence-electron chi connectivity index (χ4n) is 4.93. The third-order valence-corrected chi connectivity index (χ3v) is 7.09. The number of anilines is 1. The van der Waals surface area contributed by atoms with Gasteiger partial charge in [0, 0.05) is 36.8 Å². The second-order valence-electron chi connectivity index (χ2n) is 9.79. The monoisotopic (exact) mass is 528 g/mol. The van der Waals surface area contributed by atoms with Crippen LogP contribution in [-0.2, 0) is 11.2 Å². The van der Waals surface area contributed by atoms with Gasteiger partial charge >= 0.3 is 0 Å². The molecule has 0 saturated heterocycles. The number of fused-ring (bicyclic) bond motifs is 1. The van der Waals surface area contributed by atoms with Gasteiger partial charge < -0.3 is 20.9 Å². The molecule has 0 aromatic heterocycles. The molecule has 1 fully saturated rings. The van der Waals surface area contributed by atoms with Crippen molar-refractivity contribution in [1.82, 2.24) is 15.5 Å². The van der Waals surface area contributed by atoms with Gasteiger partial charge in [0.05, 0.1) is 6.54 Å². The normalized spacial score (nSPS) is 17.4. The maximum atomic E-state index is 12.9. The summed E-state index contributed by atoms with van der Waals surface area (Å²) in [7, 11) is 1.82. The molecular formula is C30H31ClN5O2. The van der Waals surface area contributed by atoms with Crippen molar-refractivity contribution < 1.29 is 9.59 Å². The lowest BCUT2D eigenvalue weighted by Crippen LogP contribution is -2.41. The number of alkyl halides is 1. The lowest BCUT2D eigenvalue weighted by molar-refractivity contribution is -0.122. The van der Waals surface area contributed by atoms with E-state index < -0.39 is 5.50 Å². The molecule has 1 aliphatic carbocycles. The molecule has 3 aromatic carbocycles. The molecule has 1 heterocycles. The molecule has 38 heavy (non-hydrogen) atoms. The molecule has 1 aliphatic heterocycles. The van der Waals surface area contributed by atoms with Gasteiger partial charge in [-0.3, -0.25) is 9.59 Å². The summed E-state index contributed by atoms with van der Waals surface area (Å²) in [6.07, 6.45) is 8.03. The molecule has 1 unspecified atom stereocenters. The van der Waals surface area contributed by atoms with E-state index in [-0.39, 0.29) is 24.4 Å². The molecule has 7 nitrogen and oxygen atoms in total. The summed E-state index contributed by atoms with van der Waals surface area (Å²) < 4.78 is 0. The number of nitrogens with zero attached hydrogens (tertiary/aromatic N) is 2. The van der Waals surface area contributed by atoms with Gasteiger partial charge in [-0.15, -0.1) is 0 Å². The quantitative estimate of drug-likeness (QED) is 0.288. The number of aliphatic imine (C=N–C) groups is 1. The van der Waals surface area contributed by atoms with Crippen molar-refractivity contribution in [2.24, 2.45) is 4.99 Å². The van der Waals surface area contributed by atoms with Crippen LogP contribution in [0.4, 0.5) is 5.69 Å². The Labute approximate surface area is 228 Å². The van der Waals surface area contributed by atoms with Gasteiger partial charge in [-0.05, 0) is 47.4 Å². The first-order valence-electron chi connectivity index (χ1n) is 12.9. The molecule has 1 radical (unpaired) electrons. The van der Waals surface area contributed by atoms with Crippen LogP contribution in [0, 0.1) is 6.08 Å². The Morgan fingerprint density at radius 2 is 1.79 bits per heavy atom. The van der Waals surface area contributed by atoms with Crippen LogP contribution in [0.5, 0.6) is 0 Å². The number of hydrogen-bond acceptors (Lipinski definition) is 5. The van der Waals surface area contributed by atoms with Crippen molar-refractivity contribution in [3.63, 3.8) is 0 Å². The Balaban J connectivity index is 1.20. The highest BCUT2D eigenvalue weighted by Gasteiger charge is 2.21. The highest BCUT2D eigenvalue weighted by Crippen LogP contribution is 2.21. The Morgan fingerprint density at radius 1 is 1.05 bits per heavy atom. The molecule has 3 aromatic rings. The number of likely N-dealkylation sites (N-methyl/N-ethyl adjacent to an activating group) is 1. The summed E-state index contributed by atoms with van der Waals surface area (Å²) in [6.45, 7) is 0.199. The molecule has 0 spiro atoms. The number of hydrogen-bond donors (Lipinski definition) is 3. The van der Waals surface area contributed by atoms with Gasteiger partial charge in [-0.2, -0.15) is 0 Å². The van der Waals surface area contributed by atoms with Gasteiger partial charge in [0.1, 0.15) is 17.2 Å². The Hall–Kier alpha value is -3.84. The highest BCUT2D eigenvalue weighted by atomic mass is 35.5. The zero-order valence-corrected chi connectivity index (χ0v) is 22.1. The lowest BCUT2D eigenvalue weighted by Gasteiger charge is -2.25. The van der Waals surface area contributed by atoms with Crippen molar-refractivity contribution in [2.75, 3.05) is 18.9 Å². The van der Waals surface area contributed by atoms with Crippen molar-refractivity contribution in [3.8, 4) is 0 Å². The van der Waals surface area contributed by atoms with Crippen molar-refractivity contribution in [2.45, 2.75) is 43.6 Å². The Kier molecular flexibility index (Phi) is 7.94. The van der Waals surface area contributed by atoms with Crippen LogP contribution in [0.3, 0.4) is 0 Å². The Bertz CT molecular complexity index is 1370. The van der Waals surface area contributed by atoms with Crippen LogP contribution in [-0.4, -0.2) is 47.7 Å². The highest BCUT2D eigenvalue weighted by molar-refractivity contribution is 6.22. The van der Waals surface area contributed by atoms with E-state index in [0.29, 0.717) is 29.3 Å². The van der Waals surface area contributed by atoms with Crippen LogP contribution < -0.4 is 16.0 Å². The molecular weight excluding hydrogens is 498 g/mol. The third-order valence-electron chi connectivity index (χ3n) is 6.87. The van der Waals surface area contributed by atoms with Crippen molar-refractivity contribution in [3.05, 3.63) is 89.8 Å². The zero-order valence-electron chi connectivity index (χ0n) is 21.3. The van der Waals surface area contributed by atoms with Crippen molar-refractivity contribution >= 4 is 45.7 Å². The number of rotatable bonds is 8. The second-order valence-corrected chi connectivity index (χ2v) is 10.2. The molecule has 1 saturated carbocycles. The summed E-state index contributed by atoms with van der Waals surface area (Å²) in [5.74, 6) is 1.06. The largest absolute Gasteiger partial charge is 0.353 e. The van der Waals surface area contributed by atoms with Crippen LogP contribution in [0.1, 0.15) is 41.6 Å². The predicted molar refractivity (Wildman–Crippen MR) is 152 cm³/mol. The standard InChI is InChI=1S/C30H31ClN5O2/c1-36(19-29(37)32-22-9-3-4-10-22)28-18-26(31)34-27(35-28)17-20-13-15-23(16-14-20)33-30(38)25-12-6-8-21-7-2-5-11-24(21)25/h2,5-8,11-16,22,26H,3-4,9-10,17,19H2,1H3,(H,32,37)(H,33,38)(H,34,35). The second kappa shape index (κ2) is 11.7. The minimum atomic E-state index is -0.544. The fraction of sp³-hybridized carbons (Fsp3) is 0.300. The predicted octanol–water partition coefficient (Wildman–Crippen LogP) is 4.84. The van der Waals surface area contributed by atoms with E-state index in [0.717, 1.165) is 29.2 Å². The van der Waals surface area contributed by atoms with E-state index in [1.807, 2.05) is 73.8 Å².